The van der Waals surface area contributed by atoms with Gasteiger partial charge in [-0.25, -0.2) is 4.39 Å². The highest BCUT2D eigenvalue weighted by molar-refractivity contribution is 9.10. The van der Waals surface area contributed by atoms with E-state index >= 15 is 0 Å². The van der Waals surface area contributed by atoms with Crippen LogP contribution < -0.4 is 10.1 Å². The third-order valence-electron chi connectivity index (χ3n) is 6.22. The maximum Gasteiger partial charge on any atom is 0.261 e. The SMILES string of the molecule is CC(C)(C)NC(=O)C(Cc1ccccc1)N(Cc1ccccc1F)C(=O)COc1ccc(C(C)(C)C)cc1Br. The van der Waals surface area contributed by atoms with Crippen LogP contribution in [-0.2, 0) is 28.0 Å². The van der Waals surface area contributed by atoms with Gasteiger partial charge in [-0.1, -0.05) is 75.4 Å². The van der Waals surface area contributed by atoms with E-state index in [-0.39, 0.29) is 30.9 Å². The summed E-state index contributed by atoms with van der Waals surface area (Å²) in [6.45, 7) is 11.6. The lowest BCUT2D eigenvalue weighted by atomic mass is 9.87. The largest absolute Gasteiger partial charge is 0.483 e. The van der Waals surface area contributed by atoms with Gasteiger partial charge in [0.15, 0.2) is 6.61 Å². The second-order valence-corrected chi connectivity index (χ2v) is 12.6. The van der Waals surface area contributed by atoms with E-state index in [1.807, 2.05) is 69.3 Å². The maximum atomic E-state index is 14.7. The molecule has 0 fully saturated rings. The molecule has 1 unspecified atom stereocenters. The Balaban J connectivity index is 1.94. The predicted molar refractivity (Wildman–Crippen MR) is 157 cm³/mol. The molecule has 0 aliphatic carbocycles. The normalized spacial score (nSPS) is 12.5. The summed E-state index contributed by atoms with van der Waals surface area (Å²) >= 11 is 3.56. The van der Waals surface area contributed by atoms with Crippen molar-refractivity contribution in [3.63, 3.8) is 0 Å². The first kappa shape index (κ1) is 30.4. The van der Waals surface area contributed by atoms with Crippen LogP contribution in [0.3, 0.4) is 0 Å². The fourth-order valence-electron chi connectivity index (χ4n) is 4.12. The monoisotopic (exact) mass is 596 g/mol. The molecule has 0 saturated carbocycles. The van der Waals surface area contributed by atoms with Gasteiger partial charge in [-0.3, -0.25) is 9.59 Å². The maximum absolute atomic E-state index is 14.7. The van der Waals surface area contributed by atoms with Gasteiger partial charge in [0.2, 0.25) is 5.91 Å². The zero-order valence-electron chi connectivity index (χ0n) is 23.6. The van der Waals surface area contributed by atoms with Crippen molar-refractivity contribution >= 4 is 27.7 Å². The second-order valence-electron chi connectivity index (χ2n) is 11.7. The van der Waals surface area contributed by atoms with Gasteiger partial charge in [-0.2, -0.15) is 0 Å². The van der Waals surface area contributed by atoms with Crippen molar-refractivity contribution in [1.82, 2.24) is 10.2 Å². The lowest BCUT2D eigenvalue weighted by Crippen LogP contribution is -2.55. The van der Waals surface area contributed by atoms with Crippen LogP contribution in [0.4, 0.5) is 4.39 Å². The fraction of sp³-hybridized carbons (Fsp3) is 0.375. The Labute approximate surface area is 239 Å². The quantitative estimate of drug-likeness (QED) is 0.295. The predicted octanol–water partition coefficient (Wildman–Crippen LogP) is 6.82. The summed E-state index contributed by atoms with van der Waals surface area (Å²) in [6, 6.07) is 20.7. The summed E-state index contributed by atoms with van der Waals surface area (Å²) < 4.78 is 21.4. The molecule has 1 atom stereocenters. The number of halogens is 2. The number of nitrogens with one attached hydrogen (secondary N) is 1. The van der Waals surface area contributed by atoms with E-state index in [0.29, 0.717) is 11.3 Å². The highest BCUT2D eigenvalue weighted by Crippen LogP contribution is 2.31. The number of amides is 2. The molecule has 0 spiro atoms. The average Bonchev–Trinajstić information content (AvgIpc) is 2.85. The molecule has 0 heterocycles. The summed E-state index contributed by atoms with van der Waals surface area (Å²) in [5.41, 5.74) is 1.77. The van der Waals surface area contributed by atoms with E-state index in [2.05, 4.69) is 42.0 Å². The van der Waals surface area contributed by atoms with E-state index in [4.69, 9.17) is 4.74 Å². The minimum absolute atomic E-state index is 0.0432. The summed E-state index contributed by atoms with van der Waals surface area (Å²) in [4.78, 5) is 28.8. The van der Waals surface area contributed by atoms with Crippen LogP contribution in [0.5, 0.6) is 5.75 Å². The van der Waals surface area contributed by atoms with E-state index in [1.165, 1.54) is 11.0 Å². The third-order valence-corrected chi connectivity index (χ3v) is 6.84. The van der Waals surface area contributed by atoms with Crippen LogP contribution in [-0.4, -0.2) is 34.9 Å². The Morgan fingerprint density at radius 3 is 2.18 bits per heavy atom. The average molecular weight is 598 g/mol. The Morgan fingerprint density at radius 1 is 0.949 bits per heavy atom. The number of hydrogen-bond acceptors (Lipinski definition) is 3. The van der Waals surface area contributed by atoms with Crippen molar-refractivity contribution in [2.24, 2.45) is 0 Å². The summed E-state index contributed by atoms with van der Waals surface area (Å²) in [5.74, 6) is -0.658. The molecule has 5 nitrogen and oxygen atoms in total. The van der Waals surface area contributed by atoms with Crippen LogP contribution in [0.1, 0.15) is 58.2 Å². The zero-order chi connectivity index (χ0) is 28.8. The van der Waals surface area contributed by atoms with Gasteiger partial charge in [0, 0.05) is 24.1 Å². The van der Waals surface area contributed by atoms with Crippen molar-refractivity contribution in [3.05, 3.63) is 99.8 Å². The van der Waals surface area contributed by atoms with Crippen LogP contribution >= 0.6 is 15.9 Å². The smallest absolute Gasteiger partial charge is 0.261 e. The number of carbonyl (C=O) groups is 2. The van der Waals surface area contributed by atoms with Gasteiger partial charge in [0.1, 0.15) is 17.6 Å². The van der Waals surface area contributed by atoms with Gasteiger partial charge < -0.3 is 15.0 Å². The van der Waals surface area contributed by atoms with Crippen LogP contribution in [0, 0.1) is 5.82 Å². The minimum atomic E-state index is -0.881. The summed E-state index contributed by atoms with van der Waals surface area (Å²) in [7, 11) is 0. The molecule has 3 aromatic carbocycles. The lowest BCUT2D eigenvalue weighted by molar-refractivity contribution is -0.143. The number of benzene rings is 3. The molecule has 1 N–H and O–H groups in total. The van der Waals surface area contributed by atoms with Crippen molar-refractivity contribution < 1.29 is 18.7 Å². The van der Waals surface area contributed by atoms with Gasteiger partial charge in [0.25, 0.3) is 5.91 Å². The van der Waals surface area contributed by atoms with E-state index in [1.54, 1.807) is 18.2 Å². The number of hydrogen-bond donors (Lipinski definition) is 1. The van der Waals surface area contributed by atoms with Gasteiger partial charge in [0.05, 0.1) is 4.47 Å². The molecule has 3 rings (SSSR count). The van der Waals surface area contributed by atoms with Gasteiger partial charge in [-0.15, -0.1) is 0 Å². The first-order valence-corrected chi connectivity index (χ1v) is 13.9. The van der Waals surface area contributed by atoms with E-state index in [0.717, 1.165) is 15.6 Å². The van der Waals surface area contributed by atoms with E-state index in [9.17, 15) is 14.0 Å². The third kappa shape index (κ3) is 8.92. The minimum Gasteiger partial charge on any atom is -0.483 e. The molecule has 0 radical (unpaired) electrons. The standard InChI is InChI=1S/C32H38BrFN2O3/c1-31(2,3)24-16-17-28(25(33)19-24)39-21-29(37)36(20-23-14-10-11-15-26(23)34)27(30(38)35-32(4,5)6)18-22-12-8-7-9-13-22/h7-17,19,27H,18,20-21H2,1-6H3,(H,35,38). The van der Waals surface area contributed by atoms with Crippen molar-refractivity contribution in [3.8, 4) is 5.75 Å². The number of carbonyl (C=O) groups excluding carboxylic acids is 2. The Hall–Kier alpha value is -3.19. The molecular weight excluding hydrogens is 559 g/mol. The van der Waals surface area contributed by atoms with Crippen LogP contribution in [0.2, 0.25) is 0 Å². The summed E-state index contributed by atoms with van der Waals surface area (Å²) in [6.07, 6.45) is 0.271. The first-order chi connectivity index (χ1) is 18.2. The molecule has 39 heavy (non-hydrogen) atoms. The molecule has 208 valence electrons. The van der Waals surface area contributed by atoms with Crippen LogP contribution in [0.25, 0.3) is 0 Å². The molecule has 0 aromatic heterocycles. The number of rotatable bonds is 9. The molecule has 3 aromatic rings. The molecule has 2 amide bonds. The molecule has 0 aliphatic rings. The van der Waals surface area contributed by atoms with Crippen molar-refractivity contribution in [2.45, 2.75) is 71.5 Å². The molecular formula is C32H38BrFN2O3. The van der Waals surface area contributed by atoms with Crippen molar-refractivity contribution in [1.29, 1.82) is 0 Å². The van der Waals surface area contributed by atoms with Crippen LogP contribution in [0.15, 0.2) is 77.3 Å². The van der Waals surface area contributed by atoms with E-state index < -0.39 is 23.3 Å². The van der Waals surface area contributed by atoms with Gasteiger partial charge in [-0.05, 0) is 71.4 Å². The lowest BCUT2D eigenvalue weighted by Gasteiger charge is -2.34. The molecule has 0 saturated heterocycles. The molecule has 7 heteroatoms. The Morgan fingerprint density at radius 2 is 1.59 bits per heavy atom. The highest BCUT2D eigenvalue weighted by Gasteiger charge is 2.33. The van der Waals surface area contributed by atoms with Crippen molar-refractivity contribution in [2.75, 3.05) is 6.61 Å². The zero-order valence-corrected chi connectivity index (χ0v) is 25.1. The second kappa shape index (κ2) is 12.8. The fourth-order valence-corrected chi connectivity index (χ4v) is 4.62. The molecule has 0 aliphatic heterocycles. The summed E-state index contributed by atoms with van der Waals surface area (Å²) in [5, 5.41) is 3.00. The highest BCUT2D eigenvalue weighted by atomic mass is 79.9. The number of ether oxygens (including phenoxy) is 1. The van der Waals surface area contributed by atoms with Gasteiger partial charge >= 0.3 is 0 Å². The Bertz CT molecular complexity index is 1280. The Kier molecular flexibility index (Phi) is 9.94. The number of nitrogens with zero attached hydrogens (tertiary/aromatic N) is 1. The molecule has 0 bridgehead atoms. The topological polar surface area (TPSA) is 58.6 Å². The first-order valence-electron chi connectivity index (χ1n) is 13.1.